The fraction of sp³-hybridized carbons (Fsp3) is 0.0714. The van der Waals surface area contributed by atoms with E-state index < -0.39 is 11.9 Å². The summed E-state index contributed by atoms with van der Waals surface area (Å²) in [6, 6.07) is 4.12. The van der Waals surface area contributed by atoms with Gasteiger partial charge in [-0.15, -0.1) is 0 Å². The number of nitrogens with one attached hydrogen (secondary N) is 1. The van der Waals surface area contributed by atoms with Gasteiger partial charge in [-0.1, -0.05) is 0 Å². The second-order valence-corrected chi connectivity index (χ2v) is 4.80. The average Bonchev–Trinajstić information content (AvgIpc) is 2.61. The lowest BCUT2D eigenvalue weighted by Crippen LogP contribution is -2.11. The summed E-state index contributed by atoms with van der Waals surface area (Å²) in [5, 5.41) is 11.6. The monoisotopic (exact) mass is 359 g/mol. The Balaban J connectivity index is 1.97. The van der Waals surface area contributed by atoms with Gasteiger partial charge in [-0.3, -0.25) is 4.98 Å². The quantitative estimate of drug-likeness (QED) is 0.718. The summed E-state index contributed by atoms with van der Waals surface area (Å²) in [5.74, 6) is -0.912. The molecule has 0 atom stereocenters. The number of rotatable bonds is 3. The molecule has 0 aliphatic carbocycles. The third-order valence-corrected chi connectivity index (χ3v) is 2.92. The van der Waals surface area contributed by atoms with E-state index in [2.05, 4.69) is 35.2 Å². The van der Waals surface area contributed by atoms with Gasteiger partial charge < -0.3 is 11.1 Å². The molecule has 9 nitrogen and oxygen atoms in total. The number of nitrogen functional groups attached to an aromatic ring is 1. The number of nitrogens with two attached hydrogens (primary N) is 1. The first-order chi connectivity index (χ1) is 12.3. The Labute approximate surface area is 143 Å². The number of nitriles is 1. The molecule has 0 aromatic carbocycles. The van der Waals surface area contributed by atoms with E-state index in [9.17, 15) is 13.2 Å². The predicted molar refractivity (Wildman–Crippen MR) is 82.5 cm³/mol. The molecule has 130 valence electrons. The van der Waals surface area contributed by atoms with Crippen molar-refractivity contribution in [2.75, 3.05) is 11.1 Å². The van der Waals surface area contributed by atoms with Crippen molar-refractivity contribution in [3.63, 3.8) is 0 Å². The summed E-state index contributed by atoms with van der Waals surface area (Å²) in [6.07, 6.45) is -0.935. The van der Waals surface area contributed by atoms with Gasteiger partial charge in [-0.25, -0.2) is 9.97 Å². The Bertz CT molecular complexity index is 997. The van der Waals surface area contributed by atoms with Crippen molar-refractivity contribution in [2.45, 2.75) is 6.18 Å². The number of aromatic nitrogens is 6. The van der Waals surface area contributed by atoms with Crippen molar-refractivity contribution in [1.82, 2.24) is 29.9 Å². The predicted octanol–water partition coefficient (Wildman–Crippen LogP) is 1.94. The molecule has 0 spiro atoms. The van der Waals surface area contributed by atoms with E-state index in [4.69, 9.17) is 11.0 Å². The van der Waals surface area contributed by atoms with Crippen molar-refractivity contribution in [3.8, 4) is 17.7 Å². The molecule has 0 saturated heterocycles. The molecule has 26 heavy (non-hydrogen) atoms. The van der Waals surface area contributed by atoms with E-state index in [1.807, 2.05) is 6.07 Å². The molecule has 0 saturated carbocycles. The van der Waals surface area contributed by atoms with Crippen LogP contribution in [0.4, 0.5) is 30.8 Å². The molecule has 12 heteroatoms. The molecule has 0 bridgehead atoms. The van der Waals surface area contributed by atoms with Gasteiger partial charge in [0.2, 0.25) is 17.7 Å². The number of nitrogens with zero attached hydrogens (tertiary/aromatic N) is 7. The van der Waals surface area contributed by atoms with Crippen LogP contribution in [0.3, 0.4) is 0 Å². The lowest BCUT2D eigenvalue weighted by Gasteiger charge is -2.08. The summed E-state index contributed by atoms with van der Waals surface area (Å²) >= 11 is 0. The van der Waals surface area contributed by atoms with Crippen LogP contribution in [-0.4, -0.2) is 29.9 Å². The van der Waals surface area contributed by atoms with Crippen LogP contribution >= 0.6 is 0 Å². The summed E-state index contributed by atoms with van der Waals surface area (Å²) in [7, 11) is 0. The minimum Gasteiger partial charge on any atom is -0.368 e. The molecule has 0 aliphatic rings. The number of alkyl halides is 3. The Morgan fingerprint density at radius 1 is 1.08 bits per heavy atom. The maximum atomic E-state index is 12.8. The largest absolute Gasteiger partial charge is 0.433 e. The first kappa shape index (κ1) is 17.0. The van der Waals surface area contributed by atoms with E-state index in [1.165, 1.54) is 18.5 Å². The highest BCUT2D eigenvalue weighted by Gasteiger charge is 2.33. The van der Waals surface area contributed by atoms with Gasteiger partial charge >= 0.3 is 6.18 Å². The molecule has 0 fully saturated rings. The number of hydrogen-bond acceptors (Lipinski definition) is 9. The van der Waals surface area contributed by atoms with Crippen LogP contribution in [-0.2, 0) is 6.18 Å². The van der Waals surface area contributed by atoms with Crippen LogP contribution < -0.4 is 11.1 Å². The third kappa shape index (κ3) is 3.78. The highest BCUT2D eigenvalue weighted by Crippen LogP contribution is 2.28. The van der Waals surface area contributed by atoms with Crippen LogP contribution in [0, 0.1) is 11.3 Å². The number of anilines is 3. The molecule has 0 unspecified atom stereocenters. The summed E-state index contributed by atoms with van der Waals surface area (Å²) in [5.41, 5.74) is 5.12. The van der Waals surface area contributed by atoms with Gasteiger partial charge in [0.1, 0.15) is 11.8 Å². The van der Waals surface area contributed by atoms with Gasteiger partial charge in [-0.05, 0) is 12.1 Å². The number of pyridine rings is 1. The highest BCUT2D eigenvalue weighted by molar-refractivity contribution is 5.57. The zero-order valence-electron chi connectivity index (χ0n) is 12.7. The fourth-order valence-corrected chi connectivity index (χ4v) is 1.87. The number of hydrogen-bond donors (Lipinski definition) is 2. The second kappa shape index (κ2) is 6.55. The first-order valence-corrected chi connectivity index (χ1v) is 6.89. The molecular formula is C14H8F3N9. The van der Waals surface area contributed by atoms with Crippen LogP contribution in [0.1, 0.15) is 11.3 Å². The van der Waals surface area contributed by atoms with Crippen LogP contribution in [0.15, 0.2) is 30.7 Å². The lowest BCUT2D eigenvalue weighted by molar-refractivity contribution is -0.141. The summed E-state index contributed by atoms with van der Waals surface area (Å²) in [4.78, 5) is 22.6. The Hall–Kier alpha value is -3.88. The summed E-state index contributed by atoms with van der Waals surface area (Å²) in [6.45, 7) is 0. The van der Waals surface area contributed by atoms with Crippen LogP contribution in [0.2, 0.25) is 0 Å². The SMILES string of the molecule is N#Cc1cncc(Nc2nc(N)nc(-c3nccc(C(F)(F)F)n3)n2)c1. The summed E-state index contributed by atoms with van der Waals surface area (Å²) < 4.78 is 38.4. The second-order valence-electron chi connectivity index (χ2n) is 4.80. The molecular weight excluding hydrogens is 351 g/mol. The Morgan fingerprint density at radius 2 is 1.88 bits per heavy atom. The lowest BCUT2D eigenvalue weighted by atomic mass is 10.3. The van der Waals surface area contributed by atoms with E-state index in [0.717, 1.165) is 12.3 Å². The van der Waals surface area contributed by atoms with E-state index >= 15 is 0 Å². The van der Waals surface area contributed by atoms with Crippen molar-refractivity contribution in [2.24, 2.45) is 0 Å². The third-order valence-electron chi connectivity index (χ3n) is 2.92. The minimum atomic E-state index is -4.64. The van der Waals surface area contributed by atoms with Crippen LogP contribution in [0.5, 0.6) is 0 Å². The molecule has 3 rings (SSSR count). The first-order valence-electron chi connectivity index (χ1n) is 6.89. The molecule has 3 N–H and O–H groups in total. The fourth-order valence-electron chi connectivity index (χ4n) is 1.87. The van der Waals surface area contributed by atoms with Crippen molar-refractivity contribution in [3.05, 3.63) is 42.0 Å². The molecule has 3 heterocycles. The van der Waals surface area contributed by atoms with Crippen molar-refractivity contribution >= 4 is 17.6 Å². The maximum Gasteiger partial charge on any atom is 0.433 e. The zero-order valence-corrected chi connectivity index (χ0v) is 12.7. The normalized spacial score (nSPS) is 11.0. The topological polar surface area (TPSA) is 139 Å². The molecule has 0 amide bonds. The Morgan fingerprint density at radius 3 is 2.62 bits per heavy atom. The molecule has 3 aromatic rings. The van der Waals surface area contributed by atoms with Gasteiger partial charge in [0.25, 0.3) is 0 Å². The van der Waals surface area contributed by atoms with Gasteiger partial charge in [0.05, 0.1) is 17.4 Å². The highest BCUT2D eigenvalue weighted by atomic mass is 19.4. The molecule has 3 aromatic heterocycles. The van der Waals surface area contributed by atoms with Gasteiger partial charge in [0, 0.05) is 12.4 Å². The Kier molecular flexibility index (Phi) is 4.27. The van der Waals surface area contributed by atoms with E-state index in [1.54, 1.807) is 0 Å². The smallest absolute Gasteiger partial charge is 0.368 e. The van der Waals surface area contributed by atoms with Gasteiger partial charge in [0.15, 0.2) is 5.82 Å². The minimum absolute atomic E-state index is 0.0644. The maximum absolute atomic E-state index is 12.8. The van der Waals surface area contributed by atoms with E-state index in [-0.39, 0.29) is 23.5 Å². The van der Waals surface area contributed by atoms with Crippen LogP contribution in [0.25, 0.3) is 11.6 Å². The average molecular weight is 359 g/mol. The van der Waals surface area contributed by atoms with E-state index in [0.29, 0.717) is 11.3 Å². The molecule has 0 aliphatic heterocycles. The number of halogens is 3. The van der Waals surface area contributed by atoms with Crippen molar-refractivity contribution < 1.29 is 13.2 Å². The standard InChI is InChI=1S/C14H8F3N9/c15-14(16,17)9-1-2-21-10(23-9)11-24-12(19)26-13(25-11)22-8-3-7(4-18)5-20-6-8/h1-3,5-6H,(H3,19,22,24,25,26). The zero-order chi connectivity index (χ0) is 18.7. The van der Waals surface area contributed by atoms with Gasteiger partial charge in [-0.2, -0.15) is 33.4 Å². The van der Waals surface area contributed by atoms with Crippen molar-refractivity contribution in [1.29, 1.82) is 5.26 Å². The molecule has 0 radical (unpaired) electrons.